The van der Waals surface area contributed by atoms with Crippen molar-refractivity contribution in [2.24, 2.45) is 0 Å². The van der Waals surface area contributed by atoms with Crippen molar-refractivity contribution >= 4 is 52.7 Å². The second-order valence-electron chi connectivity index (χ2n) is 0.259. The molecule has 0 radical (unpaired) electrons. The molecule has 4 heteroatoms. The molecular formula is H2BrClPSb. The van der Waals surface area contributed by atoms with Gasteiger partial charge in [0.2, 0.25) is 0 Å². The molecule has 0 aliphatic carbocycles. The molecule has 0 aliphatic rings. The van der Waals surface area contributed by atoms with E-state index in [2.05, 4.69) is 15.5 Å². The van der Waals surface area contributed by atoms with Gasteiger partial charge < -0.3 is 0 Å². The van der Waals surface area contributed by atoms with Crippen LogP contribution >= 0.6 is 30.3 Å². The van der Waals surface area contributed by atoms with Crippen LogP contribution in [0, 0.1) is 0 Å². The summed E-state index contributed by atoms with van der Waals surface area (Å²) >= 11 is 9.62. The molecule has 4 heavy (non-hydrogen) atoms. The first-order valence-corrected chi connectivity index (χ1v) is 9.35. The molecule has 0 aromatic carbocycles. The summed E-state index contributed by atoms with van der Waals surface area (Å²) in [4.78, 5) is 0. The van der Waals surface area contributed by atoms with Crippen LogP contribution in [0.1, 0.15) is 0 Å². The van der Waals surface area contributed by atoms with Crippen LogP contribution in [0.2, 0.25) is 0 Å². The normalized spacial score (nSPS) is 15.8. The van der Waals surface area contributed by atoms with Gasteiger partial charge >= 0.3 is 52.7 Å². The zero-order chi connectivity index (χ0) is 3.58. The molecule has 0 spiro atoms. The Morgan fingerprint density at radius 3 is 2.00 bits per heavy atom. The van der Waals surface area contributed by atoms with Crippen LogP contribution in [0.25, 0.3) is 0 Å². The topological polar surface area (TPSA) is 0 Å². The summed E-state index contributed by atoms with van der Waals surface area (Å²) in [6.07, 6.45) is 0. The molecule has 0 N–H and O–H groups in total. The molecule has 0 rings (SSSR count). The van der Waals surface area contributed by atoms with Gasteiger partial charge in [-0.15, -0.1) is 0 Å². The molecule has 0 fully saturated rings. The van der Waals surface area contributed by atoms with Crippen LogP contribution < -0.4 is 0 Å². The van der Waals surface area contributed by atoms with Gasteiger partial charge in [0, 0.05) is 0 Å². The van der Waals surface area contributed by atoms with Gasteiger partial charge in [-0.1, -0.05) is 0 Å². The quantitative estimate of drug-likeness (QED) is 0.462. The molecular weight excluding hydrogens is 268 g/mol. The monoisotopic (exact) mass is 268 g/mol. The zero-order valence-corrected chi connectivity index (χ0v) is 8.31. The van der Waals surface area contributed by atoms with Gasteiger partial charge in [0.1, 0.15) is 0 Å². The molecule has 1 atom stereocenters. The fourth-order valence-corrected chi connectivity index (χ4v) is 0. The Bertz CT molecular complexity index is 12.8. The van der Waals surface area contributed by atoms with Crippen LogP contribution in [0.5, 0.6) is 0 Å². The SMILES string of the molecule is Cl[P](Br)[SbH2]. The van der Waals surface area contributed by atoms with Gasteiger partial charge in [-0.2, -0.15) is 0 Å². The molecule has 0 aliphatic heterocycles. The third kappa shape index (κ3) is 8.99. The maximum atomic E-state index is 5.31. The summed E-state index contributed by atoms with van der Waals surface area (Å²) in [5.74, 6) is 0. The zero-order valence-electron chi connectivity index (χ0n) is 1.78. The van der Waals surface area contributed by atoms with Gasteiger partial charge in [-0.3, -0.25) is 0 Å². The standard InChI is InChI=1S/BrClP.Sb.2H/c1-3-2;;;/q-1;+1;;. The van der Waals surface area contributed by atoms with Crippen LogP contribution in [0.3, 0.4) is 0 Å². The Balaban J connectivity index is 2.32. The van der Waals surface area contributed by atoms with Crippen LogP contribution in [0.15, 0.2) is 0 Å². The van der Waals surface area contributed by atoms with Crippen LogP contribution in [-0.4, -0.2) is 22.5 Å². The second kappa shape index (κ2) is 3.22. The maximum absolute atomic E-state index is 5.31. The molecule has 0 bridgehead atoms. The Morgan fingerprint density at radius 2 is 2.00 bits per heavy atom. The van der Waals surface area contributed by atoms with Crippen molar-refractivity contribution in [1.82, 2.24) is 0 Å². The van der Waals surface area contributed by atoms with Gasteiger partial charge in [0.15, 0.2) is 0 Å². The number of hydrogen-bond donors (Lipinski definition) is 0. The summed E-state index contributed by atoms with van der Waals surface area (Å²) in [6.45, 7) is 0. The molecule has 0 amide bonds. The van der Waals surface area contributed by atoms with Gasteiger partial charge in [-0.05, 0) is 0 Å². The Kier molecular flexibility index (Phi) is 4.84. The summed E-state index contributed by atoms with van der Waals surface area (Å²) in [5, 5.41) is 0. The average molecular weight is 270 g/mol. The Morgan fingerprint density at radius 1 is 2.00 bits per heavy atom. The van der Waals surface area contributed by atoms with Gasteiger partial charge in [0.25, 0.3) is 0 Å². The van der Waals surface area contributed by atoms with E-state index in [9.17, 15) is 0 Å². The first-order valence-electron chi connectivity index (χ1n) is 0.596. The third-order valence-corrected chi connectivity index (χ3v) is 0. The fourth-order valence-electron chi connectivity index (χ4n) is 0. The summed E-state index contributed by atoms with van der Waals surface area (Å²) in [7, 11) is 0. The summed E-state index contributed by atoms with van der Waals surface area (Å²) < 4.78 is -0.206. The van der Waals surface area contributed by atoms with E-state index in [-0.39, 0.29) is 3.55 Å². The first-order chi connectivity index (χ1) is 1.73. The van der Waals surface area contributed by atoms with Crippen molar-refractivity contribution in [1.29, 1.82) is 0 Å². The van der Waals surface area contributed by atoms with E-state index < -0.39 is 0 Å². The molecule has 0 heterocycles. The molecule has 0 aromatic rings. The second-order valence-corrected chi connectivity index (χ2v) is 19.1. The predicted molar refractivity (Wildman–Crippen MR) is 30.2 cm³/mol. The average Bonchev–Trinajstić information content (AvgIpc) is 0.811. The summed E-state index contributed by atoms with van der Waals surface area (Å²) in [6, 6.07) is 0. The van der Waals surface area contributed by atoms with Crippen molar-refractivity contribution in [2.45, 2.75) is 0 Å². The molecule has 0 nitrogen and oxygen atoms in total. The van der Waals surface area contributed by atoms with E-state index in [1.165, 1.54) is 0 Å². The number of hydrogen-bond acceptors (Lipinski definition) is 0. The molecule has 26 valence electrons. The number of rotatable bonds is 0. The minimum absolute atomic E-state index is 0.206. The van der Waals surface area contributed by atoms with Crippen molar-refractivity contribution in [2.75, 3.05) is 0 Å². The summed E-state index contributed by atoms with van der Waals surface area (Å²) in [5.41, 5.74) is 0. The van der Waals surface area contributed by atoms with E-state index in [0.29, 0.717) is 0 Å². The van der Waals surface area contributed by atoms with Crippen molar-refractivity contribution in [3.8, 4) is 0 Å². The Hall–Kier alpha value is 2.02. The van der Waals surface area contributed by atoms with Crippen LogP contribution in [-0.2, 0) is 0 Å². The molecule has 0 aromatic heterocycles. The predicted octanol–water partition coefficient (Wildman–Crippen LogP) is 1.48. The Labute approximate surface area is 52.4 Å². The van der Waals surface area contributed by atoms with Crippen molar-refractivity contribution in [3.05, 3.63) is 0 Å². The van der Waals surface area contributed by atoms with Crippen LogP contribution in [0.4, 0.5) is 0 Å². The van der Waals surface area contributed by atoms with E-state index in [1.807, 2.05) is 0 Å². The third-order valence-electron chi connectivity index (χ3n) is 0. The minimum atomic E-state index is -0.206. The van der Waals surface area contributed by atoms with Gasteiger partial charge in [0.05, 0.1) is 0 Å². The molecule has 0 saturated carbocycles. The van der Waals surface area contributed by atoms with Crippen molar-refractivity contribution in [3.63, 3.8) is 0 Å². The molecule has 0 saturated heterocycles. The number of halogens is 2. The van der Waals surface area contributed by atoms with E-state index in [0.717, 1.165) is 22.5 Å². The van der Waals surface area contributed by atoms with E-state index >= 15 is 0 Å². The first kappa shape index (κ1) is 6.02. The molecule has 1 unspecified atom stereocenters. The van der Waals surface area contributed by atoms with Crippen molar-refractivity contribution < 1.29 is 0 Å². The fraction of sp³-hybridized carbons (Fsp3) is 0. The van der Waals surface area contributed by atoms with E-state index in [4.69, 9.17) is 11.2 Å². The van der Waals surface area contributed by atoms with Gasteiger partial charge in [-0.25, -0.2) is 0 Å². The van der Waals surface area contributed by atoms with E-state index in [1.54, 1.807) is 0 Å².